The number of hydrogen-bond acceptors (Lipinski definition) is 4. The van der Waals surface area contributed by atoms with Crippen molar-refractivity contribution in [2.75, 3.05) is 5.32 Å². The van der Waals surface area contributed by atoms with Crippen molar-refractivity contribution >= 4 is 34.4 Å². The monoisotopic (exact) mass is 328 g/mol. The Balaban J connectivity index is 1.78. The maximum atomic E-state index is 9.90. The van der Waals surface area contributed by atoms with E-state index >= 15 is 0 Å². The summed E-state index contributed by atoms with van der Waals surface area (Å²) in [5, 5.41) is 14.2. The number of benzene rings is 3. The Morgan fingerprint density at radius 1 is 0.840 bits per heavy atom. The minimum atomic E-state index is 0.180. The van der Waals surface area contributed by atoms with Gasteiger partial charge in [-0.25, -0.2) is 4.99 Å². The van der Waals surface area contributed by atoms with Crippen molar-refractivity contribution < 1.29 is 9.52 Å². The van der Waals surface area contributed by atoms with Crippen molar-refractivity contribution in [1.82, 2.24) is 0 Å². The number of nitrogens with zero attached hydrogens (tertiary/aromatic N) is 1. The van der Waals surface area contributed by atoms with Crippen LogP contribution >= 0.6 is 0 Å². The van der Waals surface area contributed by atoms with E-state index in [0.29, 0.717) is 11.4 Å². The number of nitrogens with one attached hydrogen (secondary N) is 1. The number of fused-ring (bicyclic) bond motifs is 1. The highest BCUT2D eigenvalue weighted by Gasteiger charge is 2.13. The fourth-order valence-corrected chi connectivity index (χ4v) is 2.63. The van der Waals surface area contributed by atoms with Crippen LogP contribution in [0, 0.1) is 0 Å². The van der Waals surface area contributed by atoms with E-state index in [-0.39, 0.29) is 5.75 Å². The summed E-state index contributed by atoms with van der Waals surface area (Å²) < 4.78 is 5.89. The molecule has 0 spiro atoms. The third kappa shape index (κ3) is 3.10. The number of phenols is 1. The first kappa shape index (κ1) is 15.0. The molecule has 0 radical (unpaired) electrons. The minimum absolute atomic E-state index is 0.180. The van der Waals surface area contributed by atoms with Gasteiger partial charge in [0, 0.05) is 22.9 Å². The molecule has 4 nitrogen and oxygen atoms in total. The van der Waals surface area contributed by atoms with Gasteiger partial charge in [-0.1, -0.05) is 42.5 Å². The summed E-state index contributed by atoms with van der Waals surface area (Å²) >= 11 is 0. The van der Waals surface area contributed by atoms with E-state index in [4.69, 9.17) is 4.42 Å². The average Bonchev–Trinajstić information content (AvgIpc) is 3.00. The third-order valence-electron chi connectivity index (χ3n) is 3.88. The fourth-order valence-electron chi connectivity index (χ4n) is 2.63. The molecule has 0 fully saturated rings. The zero-order valence-electron chi connectivity index (χ0n) is 13.4. The molecule has 0 saturated carbocycles. The van der Waals surface area contributed by atoms with Crippen molar-refractivity contribution in [3.63, 3.8) is 0 Å². The number of para-hydroxylation sites is 3. The molecule has 1 heterocycles. The number of aliphatic imine (C=N–C) groups is 1. The van der Waals surface area contributed by atoms with E-state index in [1.54, 1.807) is 24.4 Å². The lowest BCUT2D eigenvalue weighted by molar-refractivity contribution is 0.474. The molecule has 0 aliphatic rings. The van der Waals surface area contributed by atoms with Gasteiger partial charge in [0.2, 0.25) is 5.88 Å². The van der Waals surface area contributed by atoms with Gasteiger partial charge in [0.25, 0.3) is 0 Å². The lowest BCUT2D eigenvalue weighted by Crippen LogP contribution is -1.89. The lowest BCUT2D eigenvalue weighted by Gasteiger charge is -2.05. The molecule has 0 aliphatic heterocycles. The Morgan fingerprint density at radius 3 is 2.40 bits per heavy atom. The molecule has 0 amide bonds. The van der Waals surface area contributed by atoms with E-state index in [0.717, 1.165) is 22.3 Å². The number of furan rings is 1. The number of rotatable bonds is 4. The second-order valence-corrected chi connectivity index (χ2v) is 5.59. The largest absolute Gasteiger partial charge is 0.507 e. The molecule has 25 heavy (non-hydrogen) atoms. The van der Waals surface area contributed by atoms with Crippen LogP contribution in [0.15, 0.2) is 88.3 Å². The summed E-state index contributed by atoms with van der Waals surface area (Å²) in [6.45, 7) is 0. The topological polar surface area (TPSA) is 57.8 Å². The smallest absolute Gasteiger partial charge is 0.244 e. The van der Waals surface area contributed by atoms with Crippen LogP contribution in [0.1, 0.15) is 5.56 Å². The molecular formula is C21H16N2O2. The van der Waals surface area contributed by atoms with Crippen molar-refractivity contribution in [1.29, 1.82) is 0 Å². The molecule has 3 aromatic carbocycles. The summed E-state index contributed by atoms with van der Waals surface area (Å²) in [6, 6.07) is 24.7. The van der Waals surface area contributed by atoms with Crippen molar-refractivity contribution in [3.8, 4) is 5.75 Å². The molecule has 0 aliphatic carbocycles. The molecule has 2 N–H and O–H groups in total. The number of aromatic hydroxyl groups is 1. The van der Waals surface area contributed by atoms with E-state index < -0.39 is 0 Å². The van der Waals surface area contributed by atoms with Gasteiger partial charge in [0.05, 0.1) is 0 Å². The molecule has 0 bridgehead atoms. The molecule has 0 atom stereocenters. The van der Waals surface area contributed by atoms with Crippen molar-refractivity contribution in [2.24, 2.45) is 4.99 Å². The summed E-state index contributed by atoms with van der Waals surface area (Å²) in [7, 11) is 0. The summed E-state index contributed by atoms with van der Waals surface area (Å²) in [5.41, 5.74) is 3.14. The average molecular weight is 328 g/mol. The zero-order chi connectivity index (χ0) is 17.1. The van der Waals surface area contributed by atoms with E-state index in [9.17, 15) is 5.11 Å². The molecule has 4 aromatic rings. The highest BCUT2D eigenvalue weighted by Crippen LogP contribution is 2.38. The zero-order valence-corrected chi connectivity index (χ0v) is 13.4. The van der Waals surface area contributed by atoms with E-state index in [1.807, 2.05) is 60.7 Å². The van der Waals surface area contributed by atoms with Gasteiger partial charge in [0.1, 0.15) is 17.0 Å². The second-order valence-electron chi connectivity index (χ2n) is 5.59. The summed E-state index contributed by atoms with van der Waals surface area (Å²) in [6.07, 6.45) is 1.60. The first-order valence-electron chi connectivity index (χ1n) is 7.97. The van der Waals surface area contributed by atoms with Crippen molar-refractivity contribution in [3.05, 3.63) is 84.4 Å². The van der Waals surface area contributed by atoms with Gasteiger partial charge in [-0.15, -0.1) is 0 Å². The van der Waals surface area contributed by atoms with Gasteiger partial charge < -0.3 is 14.8 Å². The van der Waals surface area contributed by atoms with E-state index in [2.05, 4.69) is 10.3 Å². The first-order chi connectivity index (χ1) is 12.3. The van der Waals surface area contributed by atoms with Crippen LogP contribution in [0.4, 0.5) is 17.3 Å². The Bertz CT molecular complexity index is 1040. The van der Waals surface area contributed by atoms with Crippen LogP contribution < -0.4 is 5.32 Å². The molecular weight excluding hydrogens is 312 g/mol. The quantitative estimate of drug-likeness (QED) is 0.477. The van der Waals surface area contributed by atoms with Gasteiger partial charge in [-0.05, 0) is 36.4 Å². The van der Waals surface area contributed by atoms with Crippen LogP contribution in [0.5, 0.6) is 5.75 Å². The SMILES string of the molecule is Oc1ccccc1C=Nc1oc2ccccc2c1Nc1ccccc1. The second kappa shape index (κ2) is 6.53. The Hall–Kier alpha value is -3.53. The Labute approximate surface area is 145 Å². The summed E-state index contributed by atoms with van der Waals surface area (Å²) in [5.74, 6) is 0.647. The first-order valence-corrected chi connectivity index (χ1v) is 7.97. The highest BCUT2D eigenvalue weighted by molar-refractivity contribution is 5.99. The highest BCUT2D eigenvalue weighted by atomic mass is 16.3. The fraction of sp³-hybridized carbons (Fsp3) is 0. The van der Waals surface area contributed by atoms with Gasteiger partial charge >= 0.3 is 0 Å². The Kier molecular flexibility index (Phi) is 3.92. The number of phenolic OH excluding ortho intramolecular Hbond substituents is 1. The molecule has 122 valence electrons. The molecule has 0 unspecified atom stereocenters. The molecule has 4 heteroatoms. The summed E-state index contributed by atoms with van der Waals surface area (Å²) in [4.78, 5) is 4.46. The predicted molar refractivity (Wildman–Crippen MR) is 101 cm³/mol. The molecule has 4 rings (SSSR count). The van der Waals surface area contributed by atoms with Crippen LogP contribution in [-0.2, 0) is 0 Å². The number of anilines is 2. The molecule has 0 saturated heterocycles. The lowest BCUT2D eigenvalue weighted by atomic mass is 10.2. The van der Waals surface area contributed by atoms with Crippen LogP contribution in [0.2, 0.25) is 0 Å². The van der Waals surface area contributed by atoms with Crippen LogP contribution in [0.25, 0.3) is 11.0 Å². The van der Waals surface area contributed by atoms with Gasteiger partial charge in [-0.3, -0.25) is 0 Å². The predicted octanol–water partition coefficient (Wildman–Crippen LogP) is 5.63. The maximum absolute atomic E-state index is 9.90. The maximum Gasteiger partial charge on any atom is 0.244 e. The van der Waals surface area contributed by atoms with Gasteiger partial charge in [0.15, 0.2) is 0 Å². The number of hydrogen-bond donors (Lipinski definition) is 2. The van der Waals surface area contributed by atoms with Gasteiger partial charge in [-0.2, -0.15) is 0 Å². The van der Waals surface area contributed by atoms with Crippen molar-refractivity contribution in [2.45, 2.75) is 0 Å². The third-order valence-corrected chi connectivity index (χ3v) is 3.88. The minimum Gasteiger partial charge on any atom is -0.507 e. The molecule has 1 aromatic heterocycles. The van der Waals surface area contributed by atoms with Crippen LogP contribution in [0.3, 0.4) is 0 Å². The van der Waals surface area contributed by atoms with E-state index in [1.165, 1.54) is 0 Å². The standard InChI is InChI=1S/C21H16N2O2/c24-18-12-6-4-8-15(18)14-22-21-20(23-16-9-2-1-3-10-16)17-11-5-7-13-19(17)25-21/h1-14,23-24H. The van der Waals surface area contributed by atoms with Crippen LogP contribution in [-0.4, -0.2) is 11.3 Å². The normalized spacial score (nSPS) is 11.2. The Morgan fingerprint density at radius 2 is 1.56 bits per heavy atom.